The summed E-state index contributed by atoms with van der Waals surface area (Å²) in [5, 5.41) is 11.8. The Morgan fingerprint density at radius 1 is 1.53 bits per heavy atom. The summed E-state index contributed by atoms with van der Waals surface area (Å²) in [4.78, 5) is 23.4. The number of hydrogen-bond donors (Lipinski definition) is 2. The van der Waals surface area contributed by atoms with Gasteiger partial charge in [0.1, 0.15) is 11.7 Å². The highest BCUT2D eigenvalue weighted by atomic mass is 16.4. The third-order valence-electron chi connectivity index (χ3n) is 3.72. The van der Waals surface area contributed by atoms with Crippen LogP contribution in [-0.2, 0) is 4.79 Å². The Balaban J connectivity index is 2.10. The number of nitrogens with one attached hydrogen (secondary N) is 1. The molecule has 2 N–H and O–H groups in total. The van der Waals surface area contributed by atoms with Crippen molar-refractivity contribution >= 4 is 11.9 Å². The molecule has 1 unspecified atom stereocenters. The van der Waals surface area contributed by atoms with Crippen LogP contribution in [-0.4, -0.2) is 27.6 Å². The Bertz CT molecular complexity index is 477. The van der Waals surface area contributed by atoms with E-state index in [0.717, 1.165) is 12.8 Å². The predicted molar refractivity (Wildman–Crippen MR) is 71.0 cm³/mol. The second-order valence-electron chi connectivity index (χ2n) is 5.21. The van der Waals surface area contributed by atoms with Crippen molar-refractivity contribution in [3.8, 4) is 0 Å². The SMILES string of the molecule is CCC(C)[C@H](NC(=O)c1cccn1C1CC1)C(=O)O. The van der Waals surface area contributed by atoms with E-state index in [9.17, 15) is 14.7 Å². The van der Waals surface area contributed by atoms with E-state index in [0.29, 0.717) is 18.2 Å². The second kappa shape index (κ2) is 5.47. The van der Waals surface area contributed by atoms with Gasteiger partial charge in [-0.2, -0.15) is 0 Å². The average Bonchev–Trinajstić information content (AvgIpc) is 3.11. The van der Waals surface area contributed by atoms with E-state index < -0.39 is 12.0 Å². The molecule has 0 radical (unpaired) electrons. The monoisotopic (exact) mass is 264 g/mol. The zero-order valence-corrected chi connectivity index (χ0v) is 11.3. The summed E-state index contributed by atoms with van der Waals surface area (Å²) in [7, 11) is 0. The van der Waals surface area contributed by atoms with Crippen molar-refractivity contribution in [3.63, 3.8) is 0 Å². The lowest BCUT2D eigenvalue weighted by atomic mass is 9.99. The summed E-state index contributed by atoms with van der Waals surface area (Å²) < 4.78 is 1.94. The van der Waals surface area contributed by atoms with Crippen molar-refractivity contribution in [2.24, 2.45) is 5.92 Å². The van der Waals surface area contributed by atoms with Crippen LogP contribution in [0.25, 0.3) is 0 Å². The fraction of sp³-hybridized carbons (Fsp3) is 0.571. The Morgan fingerprint density at radius 2 is 2.21 bits per heavy atom. The lowest BCUT2D eigenvalue weighted by Gasteiger charge is -2.20. The molecule has 0 saturated heterocycles. The molecule has 104 valence electrons. The highest BCUT2D eigenvalue weighted by molar-refractivity contribution is 5.95. The maximum Gasteiger partial charge on any atom is 0.326 e. The molecule has 0 aliphatic heterocycles. The number of aromatic nitrogens is 1. The standard InChI is InChI=1S/C14H20N2O3/c1-3-9(2)12(14(18)19)15-13(17)11-5-4-8-16(11)10-6-7-10/h4-5,8-10,12H,3,6-7H2,1-2H3,(H,15,17)(H,18,19)/t9?,12-/m0/s1. The van der Waals surface area contributed by atoms with Crippen LogP contribution in [0.5, 0.6) is 0 Å². The minimum absolute atomic E-state index is 0.0919. The molecule has 1 heterocycles. The van der Waals surface area contributed by atoms with Gasteiger partial charge in [-0.15, -0.1) is 0 Å². The highest BCUT2D eigenvalue weighted by Crippen LogP contribution is 2.36. The molecule has 1 aliphatic rings. The number of carboxylic acid groups (broad SMARTS) is 1. The van der Waals surface area contributed by atoms with E-state index in [1.54, 1.807) is 6.07 Å². The van der Waals surface area contributed by atoms with Crippen molar-refractivity contribution in [3.05, 3.63) is 24.0 Å². The fourth-order valence-electron chi connectivity index (χ4n) is 2.16. The number of carbonyl (C=O) groups is 2. The molecule has 0 bridgehead atoms. The number of rotatable bonds is 6. The topological polar surface area (TPSA) is 71.3 Å². The lowest BCUT2D eigenvalue weighted by molar-refractivity contribution is -0.140. The molecular formula is C14H20N2O3. The first-order chi connectivity index (χ1) is 9.04. The van der Waals surface area contributed by atoms with E-state index in [2.05, 4.69) is 5.32 Å². The number of nitrogens with zero attached hydrogens (tertiary/aromatic N) is 1. The van der Waals surface area contributed by atoms with Crippen LogP contribution in [0, 0.1) is 5.92 Å². The Hall–Kier alpha value is -1.78. The van der Waals surface area contributed by atoms with Gasteiger partial charge in [-0.3, -0.25) is 4.79 Å². The first-order valence-electron chi connectivity index (χ1n) is 6.75. The van der Waals surface area contributed by atoms with Gasteiger partial charge in [0, 0.05) is 12.2 Å². The van der Waals surface area contributed by atoms with Gasteiger partial charge in [0.25, 0.3) is 5.91 Å². The maximum absolute atomic E-state index is 12.2. The first kappa shape index (κ1) is 13.6. The molecule has 1 aromatic rings. The van der Waals surface area contributed by atoms with Gasteiger partial charge >= 0.3 is 5.97 Å². The van der Waals surface area contributed by atoms with Gasteiger partial charge < -0.3 is 15.0 Å². The molecule has 0 aromatic carbocycles. The van der Waals surface area contributed by atoms with Gasteiger partial charge in [0.2, 0.25) is 0 Å². The third kappa shape index (κ3) is 2.97. The molecule has 5 nitrogen and oxygen atoms in total. The summed E-state index contributed by atoms with van der Waals surface area (Å²) in [6.07, 6.45) is 4.76. The fourth-order valence-corrected chi connectivity index (χ4v) is 2.16. The van der Waals surface area contributed by atoms with Gasteiger partial charge in [-0.25, -0.2) is 4.79 Å². The molecule has 5 heteroatoms. The summed E-state index contributed by atoms with van der Waals surface area (Å²) in [6.45, 7) is 3.75. The van der Waals surface area contributed by atoms with E-state index >= 15 is 0 Å². The van der Waals surface area contributed by atoms with Crippen LogP contribution in [0.2, 0.25) is 0 Å². The summed E-state index contributed by atoms with van der Waals surface area (Å²) in [6, 6.07) is 3.14. The van der Waals surface area contributed by atoms with Crippen molar-refractivity contribution in [2.45, 2.75) is 45.2 Å². The van der Waals surface area contributed by atoms with Crippen LogP contribution >= 0.6 is 0 Å². The molecule has 1 amide bonds. The van der Waals surface area contributed by atoms with Crippen molar-refractivity contribution < 1.29 is 14.7 Å². The normalized spacial score (nSPS) is 17.8. The molecule has 1 aliphatic carbocycles. The molecule has 1 fully saturated rings. The van der Waals surface area contributed by atoms with E-state index in [-0.39, 0.29) is 11.8 Å². The van der Waals surface area contributed by atoms with E-state index in [1.807, 2.05) is 30.7 Å². The van der Waals surface area contributed by atoms with Gasteiger partial charge in [0.05, 0.1) is 0 Å². The molecule has 0 spiro atoms. The van der Waals surface area contributed by atoms with Crippen molar-refractivity contribution in [2.75, 3.05) is 0 Å². The number of aliphatic carboxylic acids is 1. The minimum atomic E-state index is -0.979. The van der Waals surface area contributed by atoms with Crippen LogP contribution in [0.1, 0.15) is 49.6 Å². The van der Waals surface area contributed by atoms with Crippen LogP contribution in [0.4, 0.5) is 0 Å². The quantitative estimate of drug-likeness (QED) is 0.826. The van der Waals surface area contributed by atoms with Crippen LogP contribution < -0.4 is 5.32 Å². The predicted octanol–water partition coefficient (Wildman–Crippen LogP) is 2.05. The van der Waals surface area contributed by atoms with E-state index in [1.165, 1.54) is 0 Å². The molecular weight excluding hydrogens is 244 g/mol. The third-order valence-corrected chi connectivity index (χ3v) is 3.72. The Kier molecular flexibility index (Phi) is 3.93. The van der Waals surface area contributed by atoms with Gasteiger partial charge in [-0.1, -0.05) is 20.3 Å². The zero-order chi connectivity index (χ0) is 14.0. The maximum atomic E-state index is 12.2. The van der Waals surface area contributed by atoms with Gasteiger partial charge in [-0.05, 0) is 30.9 Å². The van der Waals surface area contributed by atoms with Crippen LogP contribution in [0.15, 0.2) is 18.3 Å². The Morgan fingerprint density at radius 3 is 2.74 bits per heavy atom. The number of amides is 1. The molecule has 1 aromatic heterocycles. The van der Waals surface area contributed by atoms with Crippen LogP contribution in [0.3, 0.4) is 0 Å². The smallest absolute Gasteiger partial charge is 0.326 e. The minimum Gasteiger partial charge on any atom is -0.480 e. The first-order valence-corrected chi connectivity index (χ1v) is 6.75. The van der Waals surface area contributed by atoms with Gasteiger partial charge in [0.15, 0.2) is 0 Å². The number of carbonyl (C=O) groups excluding carboxylic acids is 1. The van der Waals surface area contributed by atoms with Crippen molar-refractivity contribution in [1.29, 1.82) is 0 Å². The average molecular weight is 264 g/mol. The largest absolute Gasteiger partial charge is 0.480 e. The lowest BCUT2D eigenvalue weighted by Crippen LogP contribution is -2.45. The number of carboxylic acids is 1. The van der Waals surface area contributed by atoms with Crippen molar-refractivity contribution in [1.82, 2.24) is 9.88 Å². The Labute approximate surface area is 112 Å². The highest BCUT2D eigenvalue weighted by Gasteiger charge is 2.30. The molecule has 2 atom stereocenters. The molecule has 1 saturated carbocycles. The molecule has 2 rings (SSSR count). The number of hydrogen-bond acceptors (Lipinski definition) is 2. The second-order valence-corrected chi connectivity index (χ2v) is 5.21. The summed E-state index contributed by atoms with van der Waals surface area (Å²) >= 11 is 0. The molecule has 19 heavy (non-hydrogen) atoms. The summed E-state index contributed by atoms with van der Waals surface area (Å²) in [5.74, 6) is -1.37. The van der Waals surface area contributed by atoms with E-state index in [4.69, 9.17) is 0 Å². The summed E-state index contributed by atoms with van der Waals surface area (Å²) in [5.41, 5.74) is 0.553. The zero-order valence-electron chi connectivity index (χ0n) is 11.3.